The number of carbonyl (C=O) groups excluding carboxylic acids is 2. The molecular formula is C20H17F3N4O3. The normalized spacial score (nSPS) is 11.2. The molecule has 30 heavy (non-hydrogen) atoms. The average Bonchev–Trinajstić information content (AvgIpc) is 3.15. The van der Waals surface area contributed by atoms with Crippen molar-refractivity contribution in [3.05, 3.63) is 60.0 Å². The molecule has 2 amide bonds. The molecule has 0 spiro atoms. The zero-order chi connectivity index (χ0) is 21.7. The van der Waals surface area contributed by atoms with Crippen molar-refractivity contribution in [2.24, 2.45) is 0 Å². The van der Waals surface area contributed by atoms with Crippen LogP contribution in [-0.4, -0.2) is 22.0 Å². The summed E-state index contributed by atoms with van der Waals surface area (Å²) in [7, 11) is 0. The topological polar surface area (TPSA) is 97.1 Å². The van der Waals surface area contributed by atoms with Gasteiger partial charge in [0.25, 0.3) is 0 Å². The second-order valence-corrected chi connectivity index (χ2v) is 6.39. The molecule has 7 nitrogen and oxygen atoms in total. The summed E-state index contributed by atoms with van der Waals surface area (Å²) in [5.74, 6) is -0.482. The molecule has 3 aromatic rings. The summed E-state index contributed by atoms with van der Waals surface area (Å²) >= 11 is 0. The lowest BCUT2D eigenvalue weighted by molar-refractivity contribution is -0.137. The van der Waals surface area contributed by atoms with Crippen LogP contribution in [0.3, 0.4) is 0 Å². The minimum absolute atomic E-state index is 0.0224. The van der Waals surface area contributed by atoms with Gasteiger partial charge in [0.2, 0.25) is 23.6 Å². The molecule has 10 heteroatoms. The molecule has 1 heterocycles. The van der Waals surface area contributed by atoms with E-state index in [0.29, 0.717) is 11.4 Å². The average molecular weight is 418 g/mol. The molecule has 2 N–H and O–H groups in total. The molecular weight excluding hydrogens is 401 g/mol. The SMILES string of the molecule is CC(=O)Nc1cccc(NC(=O)CCc2nnc(-c3cccc(C(F)(F)F)c3)o2)c1. The number of nitrogens with zero attached hydrogens (tertiary/aromatic N) is 2. The number of carbonyl (C=O) groups is 2. The van der Waals surface area contributed by atoms with Gasteiger partial charge in [-0.25, -0.2) is 0 Å². The van der Waals surface area contributed by atoms with Gasteiger partial charge in [0.05, 0.1) is 5.56 Å². The van der Waals surface area contributed by atoms with E-state index in [4.69, 9.17) is 4.42 Å². The van der Waals surface area contributed by atoms with Gasteiger partial charge in [-0.1, -0.05) is 12.1 Å². The molecule has 0 radical (unpaired) electrons. The summed E-state index contributed by atoms with van der Waals surface area (Å²) in [4.78, 5) is 23.2. The van der Waals surface area contributed by atoms with E-state index in [2.05, 4.69) is 20.8 Å². The van der Waals surface area contributed by atoms with Crippen molar-refractivity contribution in [3.63, 3.8) is 0 Å². The second-order valence-electron chi connectivity index (χ2n) is 6.39. The van der Waals surface area contributed by atoms with Crippen molar-refractivity contribution in [1.82, 2.24) is 10.2 Å². The van der Waals surface area contributed by atoms with Gasteiger partial charge in [-0.3, -0.25) is 9.59 Å². The molecule has 0 aliphatic carbocycles. The fourth-order valence-electron chi connectivity index (χ4n) is 2.62. The van der Waals surface area contributed by atoms with E-state index < -0.39 is 11.7 Å². The maximum absolute atomic E-state index is 12.8. The van der Waals surface area contributed by atoms with E-state index in [0.717, 1.165) is 12.1 Å². The van der Waals surface area contributed by atoms with E-state index in [-0.39, 0.29) is 42.0 Å². The summed E-state index contributed by atoms with van der Waals surface area (Å²) in [6.45, 7) is 1.38. The van der Waals surface area contributed by atoms with Gasteiger partial charge in [-0.15, -0.1) is 10.2 Å². The largest absolute Gasteiger partial charge is 0.421 e. The Morgan fingerprint density at radius 3 is 2.40 bits per heavy atom. The van der Waals surface area contributed by atoms with Gasteiger partial charge in [0.15, 0.2) is 0 Å². The van der Waals surface area contributed by atoms with Gasteiger partial charge < -0.3 is 15.1 Å². The van der Waals surface area contributed by atoms with Gasteiger partial charge in [0.1, 0.15) is 0 Å². The highest BCUT2D eigenvalue weighted by molar-refractivity contribution is 5.93. The van der Waals surface area contributed by atoms with Crippen molar-refractivity contribution >= 4 is 23.2 Å². The Morgan fingerprint density at radius 1 is 1.00 bits per heavy atom. The number of benzene rings is 2. The van der Waals surface area contributed by atoms with Crippen LogP contribution < -0.4 is 10.6 Å². The molecule has 0 bridgehead atoms. The zero-order valence-electron chi connectivity index (χ0n) is 15.8. The number of aryl methyl sites for hydroxylation is 1. The first-order valence-electron chi connectivity index (χ1n) is 8.88. The lowest BCUT2D eigenvalue weighted by Crippen LogP contribution is -2.13. The maximum Gasteiger partial charge on any atom is 0.416 e. The van der Waals surface area contributed by atoms with Gasteiger partial charge in [-0.2, -0.15) is 13.2 Å². The first kappa shape index (κ1) is 21.0. The molecule has 2 aromatic carbocycles. The van der Waals surface area contributed by atoms with Crippen LogP contribution in [0.1, 0.15) is 24.8 Å². The number of halogens is 3. The van der Waals surface area contributed by atoms with Crippen molar-refractivity contribution in [2.75, 3.05) is 10.6 Å². The summed E-state index contributed by atoms with van der Waals surface area (Å²) in [6.07, 6.45) is -4.34. The third-order valence-electron chi connectivity index (χ3n) is 3.94. The van der Waals surface area contributed by atoms with Crippen LogP contribution in [0.25, 0.3) is 11.5 Å². The molecule has 0 atom stereocenters. The Balaban J connectivity index is 1.59. The Labute approximate surface area is 169 Å². The summed E-state index contributed by atoms with van der Waals surface area (Å²) in [5.41, 5.74) is 0.368. The molecule has 0 aliphatic heterocycles. The van der Waals surface area contributed by atoms with E-state index in [1.54, 1.807) is 24.3 Å². The Kier molecular flexibility index (Phi) is 6.14. The third kappa shape index (κ3) is 5.66. The first-order valence-corrected chi connectivity index (χ1v) is 8.88. The Hall–Kier alpha value is -3.69. The number of amides is 2. The second kappa shape index (κ2) is 8.76. The predicted octanol–water partition coefficient (Wildman–Crippen LogP) is 4.29. The fourth-order valence-corrected chi connectivity index (χ4v) is 2.62. The molecule has 1 aromatic heterocycles. The smallest absolute Gasteiger partial charge is 0.416 e. The van der Waals surface area contributed by atoms with Crippen molar-refractivity contribution < 1.29 is 27.2 Å². The minimum Gasteiger partial charge on any atom is -0.421 e. The van der Waals surface area contributed by atoms with Crippen LogP contribution in [-0.2, 0) is 22.2 Å². The quantitative estimate of drug-likeness (QED) is 0.623. The number of anilines is 2. The Morgan fingerprint density at radius 2 is 1.70 bits per heavy atom. The number of hydrogen-bond donors (Lipinski definition) is 2. The molecule has 0 aliphatic rings. The molecule has 0 unspecified atom stereocenters. The highest BCUT2D eigenvalue weighted by Crippen LogP contribution is 2.31. The van der Waals surface area contributed by atoms with Crippen LogP contribution in [0.2, 0.25) is 0 Å². The first-order chi connectivity index (χ1) is 14.2. The van der Waals surface area contributed by atoms with Crippen LogP contribution in [0.15, 0.2) is 52.9 Å². The molecule has 0 fully saturated rings. The van der Waals surface area contributed by atoms with Crippen molar-refractivity contribution in [2.45, 2.75) is 25.9 Å². The highest BCUT2D eigenvalue weighted by Gasteiger charge is 2.30. The summed E-state index contributed by atoms with van der Waals surface area (Å²) in [6, 6.07) is 11.2. The maximum atomic E-state index is 12.8. The fraction of sp³-hybridized carbons (Fsp3) is 0.200. The molecule has 0 saturated heterocycles. The van der Waals surface area contributed by atoms with Crippen molar-refractivity contribution in [1.29, 1.82) is 0 Å². The van der Waals surface area contributed by atoms with Gasteiger partial charge in [-0.05, 0) is 36.4 Å². The van der Waals surface area contributed by atoms with Gasteiger partial charge >= 0.3 is 6.18 Å². The number of aromatic nitrogens is 2. The van der Waals surface area contributed by atoms with Crippen LogP contribution >= 0.6 is 0 Å². The third-order valence-corrected chi connectivity index (χ3v) is 3.94. The van der Waals surface area contributed by atoms with Crippen molar-refractivity contribution in [3.8, 4) is 11.5 Å². The van der Waals surface area contributed by atoms with Gasteiger partial charge in [0, 0.05) is 36.7 Å². The number of alkyl halides is 3. The minimum atomic E-state index is -4.48. The van der Waals surface area contributed by atoms with E-state index in [9.17, 15) is 22.8 Å². The number of rotatable bonds is 6. The van der Waals surface area contributed by atoms with Crippen LogP contribution in [0.5, 0.6) is 0 Å². The van der Waals surface area contributed by atoms with Crippen LogP contribution in [0.4, 0.5) is 24.5 Å². The molecule has 156 valence electrons. The highest BCUT2D eigenvalue weighted by atomic mass is 19.4. The number of hydrogen-bond acceptors (Lipinski definition) is 5. The van der Waals surface area contributed by atoms with E-state index in [1.807, 2.05) is 0 Å². The molecule has 0 saturated carbocycles. The number of nitrogens with one attached hydrogen (secondary N) is 2. The summed E-state index contributed by atoms with van der Waals surface area (Å²) in [5, 5.41) is 12.8. The van der Waals surface area contributed by atoms with E-state index in [1.165, 1.54) is 19.1 Å². The Bertz CT molecular complexity index is 1060. The monoisotopic (exact) mass is 418 g/mol. The zero-order valence-corrected chi connectivity index (χ0v) is 15.8. The molecule has 3 rings (SSSR count). The van der Waals surface area contributed by atoms with E-state index >= 15 is 0 Å². The lowest BCUT2D eigenvalue weighted by atomic mass is 10.1. The predicted molar refractivity (Wildman–Crippen MR) is 102 cm³/mol. The standard InChI is InChI=1S/C20H17F3N4O3/c1-12(28)24-15-6-3-7-16(11-15)25-17(29)8-9-18-26-27-19(30-18)13-4-2-5-14(10-13)20(21,22)23/h2-7,10-11H,8-9H2,1H3,(H,24,28)(H,25,29). The summed E-state index contributed by atoms with van der Waals surface area (Å²) < 4.78 is 43.9. The van der Waals surface area contributed by atoms with Crippen LogP contribution in [0, 0.1) is 0 Å². The lowest BCUT2D eigenvalue weighted by Gasteiger charge is -2.07.